The van der Waals surface area contributed by atoms with E-state index in [1.165, 1.54) is 23.9 Å². The van der Waals surface area contributed by atoms with Crippen molar-refractivity contribution >= 4 is 52.7 Å². The second kappa shape index (κ2) is 8.89. The zero-order valence-corrected chi connectivity index (χ0v) is 15.4. The molecule has 10 heteroatoms. The van der Waals surface area contributed by atoms with E-state index < -0.39 is 6.67 Å². The number of hydrogen-bond donors (Lipinski definition) is 2. The number of rotatable bonds is 6. The highest BCUT2D eigenvalue weighted by Crippen LogP contribution is 2.28. The van der Waals surface area contributed by atoms with Crippen molar-refractivity contribution in [3.63, 3.8) is 0 Å². The van der Waals surface area contributed by atoms with E-state index >= 15 is 0 Å². The molecule has 1 heterocycles. The highest BCUT2D eigenvalue weighted by molar-refractivity contribution is 8.00. The Morgan fingerprint density at radius 3 is 2.80 bits per heavy atom. The van der Waals surface area contributed by atoms with Crippen molar-refractivity contribution in [2.24, 2.45) is 0 Å². The summed E-state index contributed by atoms with van der Waals surface area (Å²) in [7, 11) is 0. The van der Waals surface area contributed by atoms with Gasteiger partial charge in [0.25, 0.3) is 0 Å². The number of nitrogens with two attached hydrogens (primary N) is 1. The van der Waals surface area contributed by atoms with Crippen LogP contribution in [0.3, 0.4) is 0 Å². The number of aromatic nitrogens is 2. The third-order valence-corrected chi connectivity index (χ3v) is 5.00. The van der Waals surface area contributed by atoms with Crippen LogP contribution >= 0.6 is 35.1 Å². The van der Waals surface area contributed by atoms with Crippen LogP contribution in [0.2, 0.25) is 5.02 Å². The van der Waals surface area contributed by atoms with Gasteiger partial charge in [0.2, 0.25) is 11.9 Å². The highest BCUT2D eigenvalue weighted by atomic mass is 35.5. The molecule has 0 unspecified atom stereocenters. The zero-order chi connectivity index (χ0) is 18.4. The Morgan fingerprint density at radius 2 is 2.16 bits per heavy atom. The second-order valence-corrected chi connectivity index (χ2v) is 6.83. The molecule has 0 radical (unpaired) electrons. The fraction of sp³-hybridized carbons (Fsp3) is 0.200. The van der Waals surface area contributed by atoms with Gasteiger partial charge in [0.05, 0.1) is 5.75 Å². The lowest BCUT2D eigenvalue weighted by molar-refractivity contribution is -0.113. The van der Waals surface area contributed by atoms with E-state index in [1.807, 2.05) is 6.07 Å². The van der Waals surface area contributed by atoms with Crippen molar-refractivity contribution in [1.29, 1.82) is 5.26 Å². The smallest absolute Gasteiger partial charge is 0.234 e. The van der Waals surface area contributed by atoms with Crippen LogP contribution in [0.25, 0.3) is 0 Å². The minimum atomic E-state index is -0.722. The quantitative estimate of drug-likeness (QED) is 0.567. The summed E-state index contributed by atoms with van der Waals surface area (Å²) >= 11 is 8.19. The monoisotopic (exact) mass is 397 g/mol. The number of amides is 1. The Hall–Kier alpha value is -2.02. The van der Waals surface area contributed by atoms with Crippen LogP contribution in [0.15, 0.2) is 28.3 Å². The molecule has 0 saturated carbocycles. The van der Waals surface area contributed by atoms with Crippen LogP contribution < -0.4 is 11.1 Å². The molecule has 3 N–H and O–H groups in total. The highest BCUT2D eigenvalue weighted by Gasteiger charge is 2.15. The van der Waals surface area contributed by atoms with Gasteiger partial charge in [-0.25, -0.2) is 14.4 Å². The minimum absolute atomic E-state index is 0.00649. The van der Waals surface area contributed by atoms with E-state index in [-0.39, 0.29) is 23.2 Å². The molecule has 2 rings (SSSR count). The molecule has 2 aromatic rings. The number of nitrogens with one attached hydrogen (secondary N) is 1. The largest absolute Gasteiger partial charge is 0.368 e. The summed E-state index contributed by atoms with van der Waals surface area (Å²) in [6.07, 6.45) is 1.77. The molecular weight excluding hydrogens is 385 g/mol. The molecule has 0 aliphatic rings. The van der Waals surface area contributed by atoms with Gasteiger partial charge in [0.1, 0.15) is 28.4 Å². The Bertz CT molecular complexity index is 843. The summed E-state index contributed by atoms with van der Waals surface area (Å²) in [6, 6.07) is 6.60. The number of alkyl halides is 1. The number of thioether (sulfide) groups is 2. The van der Waals surface area contributed by atoms with Gasteiger partial charge in [-0.2, -0.15) is 5.26 Å². The molecule has 0 aliphatic heterocycles. The lowest BCUT2D eigenvalue weighted by Gasteiger charge is -2.09. The van der Waals surface area contributed by atoms with E-state index in [0.29, 0.717) is 26.3 Å². The van der Waals surface area contributed by atoms with Gasteiger partial charge in [-0.1, -0.05) is 23.4 Å². The molecule has 1 aromatic carbocycles. The van der Waals surface area contributed by atoms with E-state index in [4.69, 9.17) is 17.3 Å². The van der Waals surface area contributed by atoms with Gasteiger partial charge in [-0.15, -0.1) is 11.8 Å². The average Bonchev–Trinajstić information content (AvgIpc) is 2.60. The fourth-order valence-electron chi connectivity index (χ4n) is 1.87. The first-order chi connectivity index (χ1) is 12.0. The number of nitrogens with zero attached hydrogens (tertiary/aromatic N) is 3. The van der Waals surface area contributed by atoms with Crippen LogP contribution in [-0.2, 0) is 11.5 Å². The van der Waals surface area contributed by atoms with Crippen LogP contribution in [0, 0.1) is 11.3 Å². The maximum Gasteiger partial charge on any atom is 0.234 e. The van der Waals surface area contributed by atoms with Gasteiger partial charge in [0, 0.05) is 16.3 Å². The molecule has 0 fully saturated rings. The van der Waals surface area contributed by atoms with E-state index in [1.54, 1.807) is 12.3 Å². The van der Waals surface area contributed by atoms with Crippen LogP contribution in [0.4, 0.5) is 16.0 Å². The van der Waals surface area contributed by atoms with Gasteiger partial charge in [-0.05, 0) is 24.5 Å². The van der Waals surface area contributed by atoms with Crippen molar-refractivity contribution in [1.82, 2.24) is 9.97 Å². The molecule has 130 valence electrons. The van der Waals surface area contributed by atoms with Gasteiger partial charge in [-0.3, -0.25) is 4.79 Å². The molecule has 0 aliphatic carbocycles. The first-order valence-corrected chi connectivity index (χ1v) is 9.46. The predicted molar refractivity (Wildman–Crippen MR) is 98.6 cm³/mol. The van der Waals surface area contributed by atoms with Gasteiger partial charge < -0.3 is 11.1 Å². The molecule has 1 amide bonds. The normalized spacial score (nSPS) is 10.3. The van der Waals surface area contributed by atoms with Crippen LogP contribution in [0.5, 0.6) is 0 Å². The lowest BCUT2D eigenvalue weighted by Crippen LogP contribution is -2.14. The number of benzene rings is 1. The maximum absolute atomic E-state index is 12.8. The average molecular weight is 398 g/mol. The number of hydrogen-bond acceptors (Lipinski definition) is 7. The molecular formula is C15H13ClFN5OS2. The standard InChI is InChI=1S/C15H13ClFN5OS2/c1-24-13-10(6-18)14(22-15(19)21-13)25-7-12(23)20-9-2-3-11(16)8(4-9)5-17/h2-4H,5,7H2,1H3,(H,20,23)(H2,19,21,22). The zero-order valence-electron chi connectivity index (χ0n) is 13.0. The van der Waals surface area contributed by atoms with Crippen molar-refractivity contribution in [3.05, 3.63) is 34.3 Å². The molecule has 0 atom stereocenters. The molecule has 1 aromatic heterocycles. The van der Waals surface area contributed by atoms with Crippen LogP contribution in [0.1, 0.15) is 11.1 Å². The Balaban J connectivity index is 2.08. The third kappa shape index (κ3) is 4.98. The van der Waals surface area contributed by atoms with Crippen molar-refractivity contribution in [3.8, 4) is 6.07 Å². The van der Waals surface area contributed by atoms with Crippen molar-refractivity contribution in [2.45, 2.75) is 16.7 Å². The third-order valence-electron chi connectivity index (χ3n) is 2.98. The number of carbonyl (C=O) groups excluding carboxylic acids is 1. The van der Waals surface area contributed by atoms with E-state index in [9.17, 15) is 14.4 Å². The van der Waals surface area contributed by atoms with E-state index in [2.05, 4.69) is 15.3 Å². The molecule has 0 spiro atoms. The maximum atomic E-state index is 12.8. The Kier molecular flexibility index (Phi) is 6.87. The number of nitriles is 1. The molecule has 0 saturated heterocycles. The summed E-state index contributed by atoms with van der Waals surface area (Å²) < 4.78 is 12.8. The summed E-state index contributed by atoms with van der Waals surface area (Å²) in [4.78, 5) is 20.1. The van der Waals surface area contributed by atoms with Crippen molar-refractivity contribution < 1.29 is 9.18 Å². The van der Waals surface area contributed by atoms with E-state index in [0.717, 1.165) is 11.8 Å². The van der Waals surface area contributed by atoms with Gasteiger partial charge in [0.15, 0.2) is 0 Å². The lowest BCUT2D eigenvalue weighted by atomic mass is 10.2. The Morgan fingerprint density at radius 1 is 1.44 bits per heavy atom. The predicted octanol–water partition coefficient (Wildman–Crippen LogP) is 3.51. The molecule has 25 heavy (non-hydrogen) atoms. The number of carbonyl (C=O) groups is 1. The van der Waals surface area contributed by atoms with Crippen LogP contribution in [-0.4, -0.2) is 27.9 Å². The fourth-order valence-corrected chi connectivity index (χ4v) is 3.42. The number of nitrogen functional groups attached to an aromatic ring is 1. The molecule has 0 bridgehead atoms. The SMILES string of the molecule is CSc1nc(N)nc(SCC(=O)Nc2ccc(Cl)c(CF)c2)c1C#N. The number of anilines is 2. The summed E-state index contributed by atoms with van der Waals surface area (Å²) in [5.74, 6) is -0.285. The summed E-state index contributed by atoms with van der Waals surface area (Å²) in [5.41, 5.74) is 6.65. The Labute approximate surface area is 157 Å². The summed E-state index contributed by atoms with van der Waals surface area (Å²) in [6.45, 7) is -0.722. The minimum Gasteiger partial charge on any atom is -0.368 e. The number of halogens is 2. The van der Waals surface area contributed by atoms with Crippen molar-refractivity contribution in [2.75, 3.05) is 23.1 Å². The second-order valence-electron chi connectivity index (χ2n) is 4.66. The first kappa shape index (κ1) is 19.3. The first-order valence-electron chi connectivity index (χ1n) is 6.87. The van der Waals surface area contributed by atoms with Gasteiger partial charge >= 0.3 is 0 Å². The molecule has 6 nitrogen and oxygen atoms in total. The topological polar surface area (TPSA) is 105 Å². The summed E-state index contributed by atoms with van der Waals surface area (Å²) in [5, 5.41) is 13.0.